The zero-order chi connectivity index (χ0) is 24.9. The fourth-order valence-corrected chi connectivity index (χ4v) is 5.69. The first-order valence-corrected chi connectivity index (χ1v) is 12.3. The molecule has 0 radical (unpaired) electrons. The summed E-state index contributed by atoms with van der Waals surface area (Å²) in [5.41, 5.74) is 3.91. The highest BCUT2D eigenvalue weighted by molar-refractivity contribution is 7.16. The molecule has 1 heterocycles. The molecule has 1 aromatic heterocycles. The summed E-state index contributed by atoms with van der Waals surface area (Å²) in [6.45, 7) is 2.80. The van der Waals surface area contributed by atoms with E-state index >= 15 is 0 Å². The lowest BCUT2D eigenvalue weighted by molar-refractivity contribution is 0.0600. The van der Waals surface area contributed by atoms with Gasteiger partial charge in [-0.2, -0.15) is 0 Å². The van der Waals surface area contributed by atoms with Crippen molar-refractivity contribution in [3.8, 4) is 11.5 Å². The maximum Gasteiger partial charge on any atom is 0.337 e. The first-order valence-electron chi connectivity index (χ1n) is 11.5. The number of amides is 1. The van der Waals surface area contributed by atoms with Gasteiger partial charge in [0.15, 0.2) is 11.5 Å². The van der Waals surface area contributed by atoms with Gasteiger partial charge in [-0.1, -0.05) is 13.0 Å². The van der Waals surface area contributed by atoms with Crippen molar-refractivity contribution in [2.24, 2.45) is 5.92 Å². The normalized spacial score (nSPS) is 14.6. The summed E-state index contributed by atoms with van der Waals surface area (Å²) in [5.74, 6) is 1.37. The molecule has 1 unspecified atom stereocenters. The van der Waals surface area contributed by atoms with Crippen LogP contribution in [-0.4, -0.2) is 33.2 Å². The maximum absolute atomic E-state index is 13.4. The molecule has 1 amide bonds. The minimum Gasteiger partial charge on any atom is -0.493 e. The number of hydrogen-bond donors (Lipinski definition) is 2. The van der Waals surface area contributed by atoms with Crippen molar-refractivity contribution < 1.29 is 23.8 Å². The first-order chi connectivity index (χ1) is 16.9. The van der Waals surface area contributed by atoms with E-state index in [2.05, 4.69) is 17.6 Å². The maximum atomic E-state index is 13.4. The molecule has 0 bridgehead atoms. The fourth-order valence-electron chi connectivity index (χ4n) is 4.29. The van der Waals surface area contributed by atoms with Gasteiger partial charge in [0.25, 0.3) is 5.91 Å². The van der Waals surface area contributed by atoms with Gasteiger partial charge < -0.3 is 24.8 Å². The Morgan fingerprint density at radius 3 is 2.46 bits per heavy atom. The Kier molecular flexibility index (Phi) is 7.60. The van der Waals surface area contributed by atoms with E-state index in [0.717, 1.165) is 35.4 Å². The average molecular weight is 495 g/mol. The number of fused-ring (bicyclic) bond motifs is 1. The van der Waals surface area contributed by atoms with Crippen LogP contribution in [0.5, 0.6) is 11.5 Å². The molecule has 4 rings (SSSR count). The van der Waals surface area contributed by atoms with Gasteiger partial charge in [-0.15, -0.1) is 11.3 Å². The van der Waals surface area contributed by atoms with Crippen LogP contribution in [0.3, 0.4) is 0 Å². The number of methoxy groups -OCH3 is 3. The molecule has 35 heavy (non-hydrogen) atoms. The molecule has 1 atom stereocenters. The van der Waals surface area contributed by atoms with Crippen molar-refractivity contribution in [3.05, 3.63) is 69.6 Å². The van der Waals surface area contributed by atoms with E-state index in [1.165, 1.54) is 12.0 Å². The van der Waals surface area contributed by atoms with Gasteiger partial charge in [0.1, 0.15) is 5.00 Å². The second-order valence-electron chi connectivity index (χ2n) is 8.62. The van der Waals surface area contributed by atoms with E-state index < -0.39 is 5.97 Å². The molecule has 1 aliphatic carbocycles. The number of carbonyl (C=O) groups is 2. The number of nitrogens with one attached hydrogen (secondary N) is 2. The van der Waals surface area contributed by atoms with Gasteiger partial charge in [-0.25, -0.2) is 4.79 Å². The number of rotatable bonds is 8. The minimum atomic E-state index is -0.412. The number of carbonyl (C=O) groups excluding carboxylic acids is 2. The second-order valence-corrected chi connectivity index (χ2v) is 9.73. The average Bonchev–Trinajstić information content (AvgIpc) is 3.24. The Morgan fingerprint density at radius 2 is 1.77 bits per heavy atom. The molecule has 0 fully saturated rings. The molecule has 2 aromatic carbocycles. The van der Waals surface area contributed by atoms with Crippen LogP contribution in [0, 0.1) is 5.92 Å². The number of ether oxygens (including phenoxy) is 3. The Bertz CT molecular complexity index is 1220. The van der Waals surface area contributed by atoms with E-state index in [4.69, 9.17) is 14.2 Å². The molecular formula is C27H30N2O5S. The summed E-state index contributed by atoms with van der Waals surface area (Å²) < 4.78 is 15.5. The van der Waals surface area contributed by atoms with E-state index in [-0.39, 0.29) is 5.91 Å². The topological polar surface area (TPSA) is 85.9 Å². The fraction of sp³-hybridized carbons (Fsp3) is 0.333. The second kappa shape index (κ2) is 10.8. The van der Waals surface area contributed by atoms with Gasteiger partial charge >= 0.3 is 5.97 Å². The van der Waals surface area contributed by atoms with Crippen molar-refractivity contribution >= 4 is 33.9 Å². The molecule has 0 saturated carbocycles. The first kappa shape index (κ1) is 24.6. The van der Waals surface area contributed by atoms with Gasteiger partial charge in [0.2, 0.25) is 0 Å². The summed E-state index contributed by atoms with van der Waals surface area (Å²) >= 11 is 1.66. The van der Waals surface area contributed by atoms with Crippen LogP contribution in [0.2, 0.25) is 0 Å². The van der Waals surface area contributed by atoms with E-state index in [0.29, 0.717) is 40.8 Å². The highest BCUT2D eigenvalue weighted by atomic mass is 32.1. The molecule has 7 nitrogen and oxygen atoms in total. The van der Waals surface area contributed by atoms with Crippen molar-refractivity contribution in [1.82, 2.24) is 0 Å². The molecule has 0 aliphatic heterocycles. The Labute approximate surface area is 209 Å². The number of thiophene rings is 1. The van der Waals surface area contributed by atoms with Crippen LogP contribution >= 0.6 is 11.3 Å². The molecule has 184 valence electrons. The number of anilines is 2. The molecule has 2 N–H and O–H groups in total. The van der Waals surface area contributed by atoms with Crippen molar-refractivity contribution in [2.45, 2.75) is 32.7 Å². The summed E-state index contributed by atoms with van der Waals surface area (Å²) in [5, 5.41) is 7.35. The van der Waals surface area contributed by atoms with Crippen LogP contribution in [-0.2, 0) is 24.1 Å². The summed E-state index contributed by atoms with van der Waals surface area (Å²) in [4.78, 5) is 26.4. The zero-order valence-electron chi connectivity index (χ0n) is 20.4. The summed E-state index contributed by atoms with van der Waals surface area (Å²) in [6, 6.07) is 12.5. The van der Waals surface area contributed by atoms with Crippen LogP contribution in [0.25, 0.3) is 0 Å². The number of esters is 1. The molecule has 0 spiro atoms. The molecule has 3 aromatic rings. The quantitative estimate of drug-likeness (QED) is 0.400. The standard InChI is InChI=1S/C27H30N2O5S/c1-16-5-11-20-23(13-16)35-26(28-15-17-6-12-21(32-2)22(14-17)33-3)24(20)25(30)29-19-9-7-18(8-10-19)27(31)34-4/h6-10,12,14,16,28H,5,11,13,15H2,1-4H3,(H,29,30). The monoisotopic (exact) mass is 494 g/mol. The Balaban J connectivity index is 1.57. The van der Waals surface area contributed by atoms with E-state index in [1.807, 2.05) is 18.2 Å². The van der Waals surface area contributed by atoms with Crippen LogP contribution < -0.4 is 20.1 Å². The van der Waals surface area contributed by atoms with E-state index in [1.54, 1.807) is 49.8 Å². The number of benzene rings is 2. The van der Waals surface area contributed by atoms with Gasteiger partial charge in [0.05, 0.1) is 32.5 Å². The van der Waals surface area contributed by atoms with E-state index in [9.17, 15) is 9.59 Å². The van der Waals surface area contributed by atoms with Gasteiger partial charge in [-0.3, -0.25) is 4.79 Å². The lowest BCUT2D eigenvalue weighted by Crippen LogP contribution is -2.18. The van der Waals surface area contributed by atoms with Gasteiger partial charge in [0, 0.05) is 17.1 Å². The predicted molar refractivity (Wildman–Crippen MR) is 138 cm³/mol. The van der Waals surface area contributed by atoms with Crippen LogP contribution in [0.1, 0.15) is 50.1 Å². The molecule has 1 aliphatic rings. The third-order valence-corrected chi connectivity index (χ3v) is 7.42. The summed E-state index contributed by atoms with van der Waals surface area (Å²) in [7, 11) is 4.57. The lowest BCUT2D eigenvalue weighted by Gasteiger charge is -2.18. The Hall–Kier alpha value is -3.52. The van der Waals surface area contributed by atoms with Crippen LogP contribution in [0.15, 0.2) is 42.5 Å². The third-order valence-electron chi connectivity index (χ3n) is 6.20. The largest absolute Gasteiger partial charge is 0.493 e. The van der Waals surface area contributed by atoms with Crippen LogP contribution in [0.4, 0.5) is 10.7 Å². The highest BCUT2D eigenvalue weighted by Crippen LogP contribution is 2.40. The smallest absolute Gasteiger partial charge is 0.337 e. The minimum absolute atomic E-state index is 0.155. The predicted octanol–water partition coefficient (Wildman–Crippen LogP) is 5.54. The molecule has 0 saturated heterocycles. The lowest BCUT2D eigenvalue weighted by atomic mass is 9.88. The SMILES string of the molecule is COC(=O)c1ccc(NC(=O)c2c(NCc3ccc(OC)c(OC)c3)sc3c2CCC(C)C3)cc1. The zero-order valence-corrected chi connectivity index (χ0v) is 21.2. The highest BCUT2D eigenvalue weighted by Gasteiger charge is 2.27. The van der Waals surface area contributed by atoms with Gasteiger partial charge in [-0.05, 0) is 72.7 Å². The third kappa shape index (κ3) is 5.43. The molecular weight excluding hydrogens is 464 g/mol. The van der Waals surface area contributed by atoms with Crippen molar-refractivity contribution in [3.63, 3.8) is 0 Å². The summed E-state index contributed by atoms with van der Waals surface area (Å²) in [6.07, 6.45) is 2.92. The number of hydrogen-bond acceptors (Lipinski definition) is 7. The van der Waals surface area contributed by atoms with Crippen molar-refractivity contribution in [1.29, 1.82) is 0 Å². The van der Waals surface area contributed by atoms with Crippen molar-refractivity contribution in [2.75, 3.05) is 32.0 Å². The Morgan fingerprint density at radius 1 is 1.03 bits per heavy atom. The molecule has 8 heteroatoms.